The Labute approximate surface area is 171 Å². The first-order valence-electron chi connectivity index (χ1n) is 9.48. The zero-order valence-electron chi connectivity index (χ0n) is 17.3. The molecule has 0 spiro atoms. The molecule has 0 saturated heterocycles. The molecule has 1 aromatic heterocycles. The molecule has 29 heavy (non-hydrogen) atoms. The van der Waals surface area contributed by atoms with Gasteiger partial charge in [-0.05, 0) is 18.1 Å². The third-order valence-electron chi connectivity index (χ3n) is 4.84. The maximum atomic E-state index is 5.50. The number of guanidine groups is 1. The van der Waals surface area contributed by atoms with Crippen LogP contribution in [0, 0.1) is 0 Å². The second-order valence-corrected chi connectivity index (χ2v) is 6.47. The summed E-state index contributed by atoms with van der Waals surface area (Å²) < 4.78 is 16.3. The van der Waals surface area contributed by atoms with E-state index in [1.54, 1.807) is 28.4 Å². The molecule has 0 unspecified atom stereocenters. The Balaban J connectivity index is 1.61. The Morgan fingerprint density at radius 2 is 1.72 bits per heavy atom. The fourth-order valence-electron chi connectivity index (χ4n) is 3.30. The van der Waals surface area contributed by atoms with E-state index in [9.17, 15) is 0 Å². The van der Waals surface area contributed by atoms with Gasteiger partial charge in [0.25, 0.3) is 0 Å². The number of para-hydroxylation sites is 1. The van der Waals surface area contributed by atoms with Crippen molar-refractivity contribution in [1.82, 2.24) is 15.6 Å². The largest absolute Gasteiger partial charge is 0.496 e. The van der Waals surface area contributed by atoms with Gasteiger partial charge in [0.1, 0.15) is 17.2 Å². The highest BCUT2D eigenvalue weighted by molar-refractivity contribution is 5.83. The maximum absolute atomic E-state index is 5.50. The fourth-order valence-corrected chi connectivity index (χ4v) is 3.30. The number of aromatic amines is 1. The summed E-state index contributed by atoms with van der Waals surface area (Å²) >= 11 is 0. The van der Waals surface area contributed by atoms with E-state index in [2.05, 4.69) is 45.0 Å². The molecular weight excluding hydrogens is 368 g/mol. The lowest BCUT2D eigenvalue weighted by atomic mass is 10.1. The van der Waals surface area contributed by atoms with E-state index in [0.29, 0.717) is 29.8 Å². The first kappa shape index (κ1) is 20.4. The van der Waals surface area contributed by atoms with E-state index in [0.717, 1.165) is 24.0 Å². The third kappa shape index (κ3) is 4.74. The van der Waals surface area contributed by atoms with Gasteiger partial charge in [0, 0.05) is 42.8 Å². The van der Waals surface area contributed by atoms with Gasteiger partial charge in [0.15, 0.2) is 5.96 Å². The molecule has 154 valence electrons. The van der Waals surface area contributed by atoms with E-state index in [1.165, 1.54) is 10.9 Å². The number of aliphatic imine (C=N–C) groups is 1. The molecule has 0 bridgehead atoms. The lowest BCUT2D eigenvalue weighted by Gasteiger charge is -2.17. The maximum Gasteiger partial charge on any atom is 0.191 e. The Morgan fingerprint density at radius 1 is 1.00 bits per heavy atom. The molecule has 7 heteroatoms. The number of hydrogen-bond donors (Lipinski definition) is 3. The Morgan fingerprint density at radius 3 is 2.38 bits per heavy atom. The minimum atomic E-state index is 0.503. The normalized spacial score (nSPS) is 11.4. The average molecular weight is 396 g/mol. The van der Waals surface area contributed by atoms with Gasteiger partial charge in [0.2, 0.25) is 0 Å². The highest BCUT2D eigenvalue weighted by Gasteiger charge is 2.14. The molecular formula is C22H28N4O3. The Kier molecular flexibility index (Phi) is 6.84. The van der Waals surface area contributed by atoms with Crippen molar-refractivity contribution in [3.63, 3.8) is 0 Å². The summed E-state index contributed by atoms with van der Waals surface area (Å²) in [6.45, 7) is 1.27. The number of hydrogen-bond acceptors (Lipinski definition) is 4. The summed E-state index contributed by atoms with van der Waals surface area (Å²) in [5.74, 6) is 2.79. The van der Waals surface area contributed by atoms with Crippen molar-refractivity contribution in [3.8, 4) is 17.2 Å². The van der Waals surface area contributed by atoms with Crippen LogP contribution in [0.1, 0.15) is 11.1 Å². The van der Waals surface area contributed by atoms with Crippen molar-refractivity contribution >= 4 is 16.9 Å². The quantitative estimate of drug-likeness (QED) is 0.403. The van der Waals surface area contributed by atoms with Crippen LogP contribution < -0.4 is 24.8 Å². The Bertz CT molecular complexity index is 956. The molecule has 2 aromatic carbocycles. The number of nitrogens with zero attached hydrogens (tertiary/aromatic N) is 1. The van der Waals surface area contributed by atoms with E-state index in [4.69, 9.17) is 14.2 Å². The van der Waals surface area contributed by atoms with E-state index in [1.807, 2.05) is 18.2 Å². The standard InChI is InChI=1S/C22H28N4O3/c1-23-22(24-10-9-15-13-25-19-8-6-5-7-17(15)19)26-14-18-20(28-3)11-16(27-2)12-21(18)29-4/h5-8,11-13,25H,9-10,14H2,1-4H3,(H2,23,24,26). The van der Waals surface area contributed by atoms with Crippen molar-refractivity contribution in [3.05, 3.63) is 53.7 Å². The van der Waals surface area contributed by atoms with Crippen LogP contribution in [0.15, 0.2) is 47.6 Å². The van der Waals surface area contributed by atoms with Gasteiger partial charge in [-0.2, -0.15) is 0 Å². The molecule has 0 amide bonds. The monoisotopic (exact) mass is 396 g/mol. The number of rotatable bonds is 8. The van der Waals surface area contributed by atoms with Crippen molar-refractivity contribution < 1.29 is 14.2 Å². The molecule has 0 aliphatic rings. The molecule has 3 aromatic rings. The zero-order valence-corrected chi connectivity index (χ0v) is 17.3. The molecule has 0 radical (unpaired) electrons. The summed E-state index contributed by atoms with van der Waals surface area (Å²) in [6.07, 6.45) is 2.95. The number of H-pyrrole nitrogens is 1. The van der Waals surface area contributed by atoms with Gasteiger partial charge < -0.3 is 29.8 Å². The molecule has 0 saturated carbocycles. The topological polar surface area (TPSA) is 79.9 Å². The van der Waals surface area contributed by atoms with Crippen LogP contribution in [0.3, 0.4) is 0 Å². The van der Waals surface area contributed by atoms with Gasteiger partial charge in [0.05, 0.1) is 33.4 Å². The SMILES string of the molecule is CN=C(NCCc1c[nH]c2ccccc12)NCc1c(OC)cc(OC)cc1OC. The predicted octanol–water partition coefficient (Wildman–Crippen LogP) is 3.10. The van der Waals surface area contributed by atoms with Crippen LogP contribution in [0.5, 0.6) is 17.2 Å². The van der Waals surface area contributed by atoms with Crippen LogP contribution in [0.4, 0.5) is 0 Å². The first-order valence-corrected chi connectivity index (χ1v) is 9.48. The van der Waals surface area contributed by atoms with Crippen LogP contribution in [-0.2, 0) is 13.0 Å². The number of nitrogens with one attached hydrogen (secondary N) is 3. The highest BCUT2D eigenvalue weighted by atomic mass is 16.5. The number of benzene rings is 2. The lowest BCUT2D eigenvalue weighted by Crippen LogP contribution is -2.38. The molecule has 0 aliphatic carbocycles. The van der Waals surface area contributed by atoms with Crippen molar-refractivity contribution in [2.45, 2.75) is 13.0 Å². The van der Waals surface area contributed by atoms with Gasteiger partial charge in [-0.1, -0.05) is 18.2 Å². The number of methoxy groups -OCH3 is 3. The third-order valence-corrected chi connectivity index (χ3v) is 4.84. The van der Waals surface area contributed by atoms with Gasteiger partial charge in [-0.3, -0.25) is 4.99 Å². The Hall–Kier alpha value is -3.35. The van der Waals surface area contributed by atoms with E-state index < -0.39 is 0 Å². The summed E-state index contributed by atoms with van der Waals surface area (Å²) in [7, 11) is 6.63. The van der Waals surface area contributed by atoms with Crippen LogP contribution in [-0.4, -0.2) is 45.9 Å². The molecule has 3 N–H and O–H groups in total. The number of fused-ring (bicyclic) bond motifs is 1. The van der Waals surface area contributed by atoms with Crippen molar-refractivity contribution in [2.75, 3.05) is 34.9 Å². The minimum Gasteiger partial charge on any atom is -0.496 e. The molecule has 1 heterocycles. The summed E-state index contributed by atoms with van der Waals surface area (Å²) in [4.78, 5) is 7.62. The average Bonchev–Trinajstić information content (AvgIpc) is 3.18. The van der Waals surface area contributed by atoms with Crippen molar-refractivity contribution in [2.24, 2.45) is 4.99 Å². The number of ether oxygens (including phenoxy) is 3. The zero-order chi connectivity index (χ0) is 20.6. The summed E-state index contributed by atoms with van der Waals surface area (Å²) in [6, 6.07) is 12.0. The molecule has 0 fully saturated rings. The smallest absolute Gasteiger partial charge is 0.191 e. The van der Waals surface area contributed by atoms with E-state index in [-0.39, 0.29) is 0 Å². The fraction of sp³-hybridized carbons (Fsp3) is 0.318. The molecule has 0 atom stereocenters. The summed E-state index contributed by atoms with van der Waals surface area (Å²) in [5, 5.41) is 7.93. The molecule has 3 rings (SSSR count). The predicted molar refractivity (Wildman–Crippen MR) is 116 cm³/mol. The highest BCUT2D eigenvalue weighted by Crippen LogP contribution is 2.33. The summed E-state index contributed by atoms with van der Waals surface area (Å²) in [5.41, 5.74) is 3.33. The second-order valence-electron chi connectivity index (χ2n) is 6.47. The van der Waals surface area contributed by atoms with Crippen LogP contribution in [0.2, 0.25) is 0 Å². The number of aromatic nitrogens is 1. The van der Waals surface area contributed by atoms with Gasteiger partial charge in [-0.25, -0.2) is 0 Å². The molecule has 7 nitrogen and oxygen atoms in total. The van der Waals surface area contributed by atoms with Crippen molar-refractivity contribution in [1.29, 1.82) is 0 Å². The minimum absolute atomic E-state index is 0.503. The van der Waals surface area contributed by atoms with Gasteiger partial charge in [-0.15, -0.1) is 0 Å². The second kappa shape index (κ2) is 9.73. The van der Waals surface area contributed by atoms with Gasteiger partial charge >= 0.3 is 0 Å². The molecule has 0 aliphatic heterocycles. The van der Waals surface area contributed by atoms with Crippen LogP contribution in [0.25, 0.3) is 10.9 Å². The lowest BCUT2D eigenvalue weighted by molar-refractivity contribution is 0.368. The first-order chi connectivity index (χ1) is 14.2. The van der Waals surface area contributed by atoms with E-state index >= 15 is 0 Å². The van der Waals surface area contributed by atoms with Crippen LogP contribution >= 0.6 is 0 Å².